The van der Waals surface area contributed by atoms with Crippen molar-refractivity contribution in [1.82, 2.24) is 10.3 Å². The summed E-state index contributed by atoms with van der Waals surface area (Å²) < 4.78 is 0. The number of anilines is 1. The molecule has 0 bridgehead atoms. The minimum atomic E-state index is -0.304. The van der Waals surface area contributed by atoms with Crippen molar-refractivity contribution < 1.29 is 5.11 Å². The van der Waals surface area contributed by atoms with E-state index in [2.05, 4.69) is 10.3 Å². The Hall–Kier alpha value is -1.05. The third-order valence-electron chi connectivity index (χ3n) is 1.70. The molecule has 1 heterocycles. The summed E-state index contributed by atoms with van der Waals surface area (Å²) in [5.74, 6) is 5.49. The molecule has 1 rings (SSSR count). The second-order valence-corrected chi connectivity index (χ2v) is 3.78. The SMILES string of the molecule is CNCCCN(N)c1sc(=O)[nH]c1O. The number of rotatable bonds is 5. The van der Waals surface area contributed by atoms with Gasteiger partial charge in [-0.05, 0) is 20.0 Å². The summed E-state index contributed by atoms with van der Waals surface area (Å²) in [4.78, 5) is 12.8. The number of nitrogens with two attached hydrogens (primary N) is 1. The molecule has 0 amide bonds. The molecule has 6 nitrogen and oxygen atoms in total. The van der Waals surface area contributed by atoms with Crippen LogP contribution in [0.2, 0.25) is 0 Å². The first kappa shape index (κ1) is 11.0. The van der Waals surface area contributed by atoms with Crippen molar-refractivity contribution in [2.24, 2.45) is 5.84 Å². The van der Waals surface area contributed by atoms with Crippen molar-refractivity contribution in [2.45, 2.75) is 6.42 Å². The maximum absolute atomic E-state index is 10.9. The van der Waals surface area contributed by atoms with E-state index < -0.39 is 0 Å². The average molecular weight is 218 g/mol. The first-order chi connectivity index (χ1) is 6.65. The molecule has 1 aromatic heterocycles. The molecule has 5 N–H and O–H groups in total. The molecule has 0 atom stereocenters. The lowest BCUT2D eigenvalue weighted by atomic mass is 10.4. The highest BCUT2D eigenvalue weighted by molar-refractivity contribution is 7.13. The maximum Gasteiger partial charge on any atom is 0.309 e. The molecule has 0 aliphatic heterocycles. The number of nitrogens with zero attached hydrogens (tertiary/aromatic N) is 1. The van der Waals surface area contributed by atoms with Crippen LogP contribution in [-0.2, 0) is 0 Å². The first-order valence-corrected chi connectivity index (χ1v) is 5.05. The van der Waals surface area contributed by atoms with Crippen LogP contribution < -0.4 is 21.0 Å². The van der Waals surface area contributed by atoms with Crippen molar-refractivity contribution in [2.75, 3.05) is 25.1 Å². The highest BCUT2D eigenvalue weighted by Crippen LogP contribution is 2.25. The van der Waals surface area contributed by atoms with Crippen LogP contribution in [0.15, 0.2) is 4.79 Å². The zero-order valence-corrected chi connectivity index (χ0v) is 8.73. The van der Waals surface area contributed by atoms with Crippen molar-refractivity contribution in [3.8, 4) is 5.88 Å². The smallest absolute Gasteiger partial charge is 0.309 e. The van der Waals surface area contributed by atoms with Crippen LogP contribution >= 0.6 is 11.3 Å². The Morgan fingerprint density at radius 3 is 2.93 bits per heavy atom. The van der Waals surface area contributed by atoms with E-state index >= 15 is 0 Å². The molecule has 0 fully saturated rings. The molecule has 0 saturated carbocycles. The number of hydrogen-bond donors (Lipinski definition) is 4. The molecule has 7 heteroatoms. The van der Waals surface area contributed by atoms with Crippen LogP contribution in [0.3, 0.4) is 0 Å². The van der Waals surface area contributed by atoms with E-state index in [1.54, 1.807) is 0 Å². The van der Waals surface area contributed by atoms with Crippen molar-refractivity contribution in [3.05, 3.63) is 9.67 Å². The lowest BCUT2D eigenvalue weighted by molar-refractivity contribution is 0.455. The summed E-state index contributed by atoms with van der Waals surface area (Å²) in [6, 6.07) is 0. The maximum atomic E-state index is 10.9. The summed E-state index contributed by atoms with van der Waals surface area (Å²) >= 11 is 0.900. The van der Waals surface area contributed by atoms with Crippen LogP contribution in [0.4, 0.5) is 5.00 Å². The van der Waals surface area contributed by atoms with E-state index in [0.29, 0.717) is 11.5 Å². The predicted molar refractivity (Wildman–Crippen MR) is 56.7 cm³/mol. The Morgan fingerprint density at radius 2 is 2.43 bits per heavy atom. The van der Waals surface area contributed by atoms with Crippen molar-refractivity contribution in [3.63, 3.8) is 0 Å². The summed E-state index contributed by atoms with van der Waals surface area (Å²) in [7, 11) is 1.85. The van der Waals surface area contributed by atoms with Gasteiger partial charge in [0.2, 0.25) is 5.88 Å². The van der Waals surface area contributed by atoms with Crippen LogP contribution in [0, 0.1) is 0 Å². The number of aromatic hydroxyl groups is 1. The standard InChI is InChI=1S/C7H14N4O2S/c1-9-3-2-4-11(8)6-5(12)10-7(13)14-6/h9,12H,2-4,8H2,1H3,(H,10,13). The number of aromatic nitrogens is 1. The summed E-state index contributed by atoms with van der Waals surface area (Å²) in [5.41, 5.74) is 0. The van der Waals surface area contributed by atoms with Gasteiger partial charge in [-0.3, -0.25) is 14.8 Å². The van der Waals surface area contributed by atoms with E-state index in [0.717, 1.165) is 24.3 Å². The fraction of sp³-hybridized carbons (Fsp3) is 0.571. The molecule has 80 valence electrons. The molecule has 0 spiro atoms. The number of aromatic amines is 1. The van der Waals surface area contributed by atoms with E-state index in [9.17, 15) is 9.90 Å². The van der Waals surface area contributed by atoms with Gasteiger partial charge in [0.15, 0.2) is 5.00 Å². The number of hydrazine groups is 1. The predicted octanol–water partition coefficient (Wildman–Crippen LogP) is -0.568. The first-order valence-electron chi connectivity index (χ1n) is 4.24. The van der Waals surface area contributed by atoms with Gasteiger partial charge in [0.1, 0.15) is 0 Å². The molecule has 0 aliphatic carbocycles. The average Bonchev–Trinajstić information content (AvgIpc) is 2.45. The molecule has 14 heavy (non-hydrogen) atoms. The quantitative estimate of drug-likeness (QED) is 0.302. The van der Waals surface area contributed by atoms with Gasteiger partial charge in [-0.1, -0.05) is 11.3 Å². The molecule has 0 saturated heterocycles. The fourth-order valence-corrected chi connectivity index (χ4v) is 1.71. The Labute approximate surface area is 85.3 Å². The summed E-state index contributed by atoms with van der Waals surface area (Å²) in [6.07, 6.45) is 0.846. The molecule has 1 aromatic rings. The Balaban J connectivity index is 2.55. The van der Waals surface area contributed by atoms with Crippen LogP contribution in [0.25, 0.3) is 0 Å². The third-order valence-corrected chi connectivity index (χ3v) is 2.61. The largest absolute Gasteiger partial charge is 0.492 e. The van der Waals surface area contributed by atoms with Gasteiger partial charge in [0.05, 0.1) is 0 Å². The zero-order chi connectivity index (χ0) is 10.6. The topological polar surface area (TPSA) is 94.4 Å². The number of H-pyrrole nitrogens is 1. The lowest BCUT2D eigenvalue weighted by Gasteiger charge is -2.15. The Bertz CT molecular complexity index is 335. The normalized spacial score (nSPS) is 10.4. The van der Waals surface area contributed by atoms with Crippen LogP contribution in [0.5, 0.6) is 5.88 Å². The van der Waals surface area contributed by atoms with Gasteiger partial charge >= 0.3 is 4.87 Å². The van der Waals surface area contributed by atoms with Gasteiger partial charge in [0, 0.05) is 6.54 Å². The monoisotopic (exact) mass is 218 g/mol. The van der Waals surface area contributed by atoms with E-state index in [1.165, 1.54) is 5.01 Å². The second-order valence-electron chi connectivity index (χ2n) is 2.82. The summed E-state index contributed by atoms with van der Waals surface area (Å²) in [5, 5.41) is 14.0. The second kappa shape index (κ2) is 4.99. The number of thiazole rings is 1. The highest BCUT2D eigenvalue weighted by Gasteiger charge is 2.11. The number of hydrogen-bond acceptors (Lipinski definition) is 6. The molecular weight excluding hydrogens is 204 g/mol. The summed E-state index contributed by atoms with van der Waals surface area (Å²) in [6.45, 7) is 1.43. The minimum absolute atomic E-state index is 0.160. The molecule has 0 aliphatic rings. The Morgan fingerprint density at radius 1 is 1.71 bits per heavy atom. The molecule has 0 unspecified atom stereocenters. The third kappa shape index (κ3) is 2.72. The van der Waals surface area contributed by atoms with Crippen LogP contribution in [-0.4, -0.2) is 30.2 Å². The molecule has 0 radical (unpaired) electrons. The number of nitrogens with one attached hydrogen (secondary N) is 2. The lowest BCUT2D eigenvalue weighted by Crippen LogP contribution is -2.32. The van der Waals surface area contributed by atoms with Crippen molar-refractivity contribution >= 4 is 16.3 Å². The fourth-order valence-electron chi connectivity index (χ4n) is 1.03. The molecular formula is C7H14N4O2S. The van der Waals surface area contributed by atoms with E-state index in [1.807, 2.05) is 7.05 Å². The van der Waals surface area contributed by atoms with E-state index in [-0.39, 0.29) is 10.8 Å². The van der Waals surface area contributed by atoms with Crippen molar-refractivity contribution in [1.29, 1.82) is 0 Å². The Kier molecular flexibility index (Phi) is 3.93. The van der Waals surface area contributed by atoms with E-state index in [4.69, 9.17) is 5.84 Å². The van der Waals surface area contributed by atoms with Gasteiger partial charge < -0.3 is 10.4 Å². The van der Waals surface area contributed by atoms with Gasteiger partial charge in [0.25, 0.3) is 0 Å². The van der Waals surface area contributed by atoms with Crippen LogP contribution in [0.1, 0.15) is 6.42 Å². The minimum Gasteiger partial charge on any atom is -0.492 e. The van der Waals surface area contributed by atoms with Gasteiger partial charge in [-0.15, -0.1) is 0 Å². The highest BCUT2D eigenvalue weighted by atomic mass is 32.1. The van der Waals surface area contributed by atoms with Gasteiger partial charge in [-0.2, -0.15) is 0 Å². The zero-order valence-electron chi connectivity index (χ0n) is 7.91. The van der Waals surface area contributed by atoms with Gasteiger partial charge in [-0.25, -0.2) is 5.84 Å². The molecule has 0 aromatic carbocycles.